The van der Waals surface area contributed by atoms with E-state index in [0.29, 0.717) is 35.3 Å². The number of fused-ring (bicyclic) bond motifs is 3. The fourth-order valence-corrected chi connectivity index (χ4v) is 3.94. The van der Waals surface area contributed by atoms with Crippen molar-refractivity contribution in [2.75, 3.05) is 0 Å². The number of benzene rings is 2. The molecule has 2 aromatic carbocycles. The molecule has 0 spiro atoms. The predicted octanol–water partition coefficient (Wildman–Crippen LogP) is 5.67. The average Bonchev–Trinajstić information content (AvgIpc) is 3.13. The zero-order valence-corrected chi connectivity index (χ0v) is 18.0. The second-order valence-electron chi connectivity index (χ2n) is 8.37. The molecule has 0 aliphatic heterocycles. The molecule has 30 heavy (non-hydrogen) atoms. The zero-order chi connectivity index (χ0) is 21.3. The monoisotopic (exact) mass is 403 g/mol. The molecule has 0 bridgehead atoms. The van der Waals surface area contributed by atoms with Crippen LogP contribution in [0.25, 0.3) is 22.1 Å². The third-order valence-corrected chi connectivity index (χ3v) is 5.91. The van der Waals surface area contributed by atoms with Crippen molar-refractivity contribution in [2.24, 2.45) is 5.92 Å². The van der Waals surface area contributed by atoms with Gasteiger partial charge in [-0.2, -0.15) is 0 Å². The molecule has 5 heteroatoms. The van der Waals surface area contributed by atoms with Gasteiger partial charge in [-0.1, -0.05) is 64.1 Å². The summed E-state index contributed by atoms with van der Waals surface area (Å²) in [5.41, 5.74) is 3.94. The van der Waals surface area contributed by atoms with E-state index in [2.05, 4.69) is 67.2 Å². The molecule has 0 amide bonds. The summed E-state index contributed by atoms with van der Waals surface area (Å²) < 4.78 is 5.68. The minimum Gasteiger partial charge on any atom is -0.449 e. The number of hydrogen-bond donors (Lipinski definition) is 2. The van der Waals surface area contributed by atoms with Crippen molar-refractivity contribution in [2.45, 2.75) is 52.6 Å². The lowest BCUT2D eigenvalue weighted by Crippen LogP contribution is -2.27. The molecule has 156 valence electrons. The summed E-state index contributed by atoms with van der Waals surface area (Å²) in [6.45, 7) is 9.34. The summed E-state index contributed by atoms with van der Waals surface area (Å²) in [6.07, 6.45) is 1.13. The fraction of sp³-hybridized carbons (Fsp3) is 0.360. The number of nitrogens with zero attached hydrogens (tertiary/aromatic N) is 1. The lowest BCUT2D eigenvalue weighted by molar-refractivity contribution is 0.405. The quantitative estimate of drug-likeness (QED) is 0.417. The van der Waals surface area contributed by atoms with Gasteiger partial charge in [0, 0.05) is 11.4 Å². The van der Waals surface area contributed by atoms with E-state index in [4.69, 9.17) is 4.42 Å². The van der Waals surface area contributed by atoms with Crippen molar-refractivity contribution in [3.8, 4) is 0 Å². The molecular formula is C25H29N3O2. The van der Waals surface area contributed by atoms with Gasteiger partial charge < -0.3 is 14.7 Å². The molecule has 0 aliphatic carbocycles. The van der Waals surface area contributed by atoms with Crippen molar-refractivity contribution in [3.05, 3.63) is 75.8 Å². The van der Waals surface area contributed by atoms with Gasteiger partial charge in [-0.15, -0.1) is 0 Å². The number of hydrogen-bond acceptors (Lipinski definition) is 4. The van der Waals surface area contributed by atoms with Crippen molar-refractivity contribution in [3.63, 3.8) is 0 Å². The van der Waals surface area contributed by atoms with Gasteiger partial charge in [0.15, 0.2) is 0 Å². The highest BCUT2D eigenvalue weighted by atomic mass is 16.3. The van der Waals surface area contributed by atoms with Crippen LogP contribution in [0.5, 0.6) is 0 Å². The van der Waals surface area contributed by atoms with Gasteiger partial charge in [0.1, 0.15) is 16.9 Å². The molecule has 2 heterocycles. The van der Waals surface area contributed by atoms with E-state index in [-0.39, 0.29) is 17.2 Å². The van der Waals surface area contributed by atoms with Gasteiger partial charge in [-0.25, -0.2) is 4.98 Å². The summed E-state index contributed by atoms with van der Waals surface area (Å²) in [7, 11) is 0. The molecule has 4 rings (SSSR count). The Labute approximate surface area is 176 Å². The second-order valence-corrected chi connectivity index (χ2v) is 8.37. The van der Waals surface area contributed by atoms with Crippen molar-refractivity contribution < 1.29 is 4.42 Å². The highest BCUT2D eigenvalue weighted by Crippen LogP contribution is 2.26. The summed E-state index contributed by atoms with van der Waals surface area (Å²) in [6, 6.07) is 16.6. The summed E-state index contributed by atoms with van der Waals surface area (Å²) in [5.74, 6) is 1.57. The summed E-state index contributed by atoms with van der Waals surface area (Å²) >= 11 is 0. The third kappa shape index (κ3) is 3.90. The first-order chi connectivity index (χ1) is 14.5. The van der Waals surface area contributed by atoms with Crippen molar-refractivity contribution >= 4 is 22.1 Å². The molecule has 2 aromatic heterocycles. The number of aromatic amines is 1. The van der Waals surface area contributed by atoms with Crippen LogP contribution in [0.3, 0.4) is 0 Å². The van der Waals surface area contributed by atoms with Gasteiger partial charge in [0.2, 0.25) is 5.58 Å². The molecule has 2 atom stereocenters. The maximum atomic E-state index is 12.5. The Kier molecular flexibility index (Phi) is 5.73. The molecule has 0 radical (unpaired) electrons. The highest BCUT2D eigenvalue weighted by molar-refractivity contribution is 6.01. The van der Waals surface area contributed by atoms with Crippen LogP contribution in [0.15, 0.2) is 57.7 Å². The van der Waals surface area contributed by atoms with Crippen LogP contribution < -0.4 is 10.9 Å². The predicted molar refractivity (Wildman–Crippen MR) is 122 cm³/mol. The minimum atomic E-state index is -0.244. The van der Waals surface area contributed by atoms with Gasteiger partial charge >= 0.3 is 0 Å². The van der Waals surface area contributed by atoms with Crippen molar-refractivity contribution in [1.29, 1.82) is 0 Å². The van der Waals surface area contributed by atoms with Gasteiger partial charge in [0.25, 0.3) is 5.56 Å². The SMILES string of the molecule is CC[C@@H](C)c1ccc([C@@H](NCc2nc3c(oc4ccccc43)c(=O)[nH]2)C(C)C)cc1. The smallest absolute Gasteiger partial charge is 0.294 e. The van der Waals surface area contributed by atoms with Gasteiger partial charge in [0.05, 0.1) is 6.54 Å². The first kappa shape index (κ1) is 20.4. The van der Waals surface area contributed by atoms with Crippen LogP contribution in [0, 0.1) is 5.92 Å². The number of aromatic nitrogens is 2. The first-order valence-corrected chi connectivity index (χ1v) is 10.7. The van der Waals surface area contributed by atoms with E-state index < -0.39 is 0 Å². The Bertz CT molecular complexity index is 1200. The Hall–Kier alpha value is -2.92. The topological polar surface area (TPSA) is 70.9 Å². The number of para-hydroxylation sites is 1. The average molecular weight is 404 g/mol. The molecule has 0 fully saturated rings. The highest BCUT2D eigenvalue weighted by Gasteiger charge is 2.18. The van der Waals surface area contributed by atoms with E-state index in [1.54, 1.807) is 0 Å². The molecule has 0 unspecified atom stereocenters. The van der Waals surface area contributed by atoms with Crippen LogP contribution in [0.2, 0.25) is 0 Å². The fourth-order valence-electron chi connectivity index (χ4n) is 3.94. The van der Waals surface area contributed by atoms with Crippen LogP contribution in [0.4, 0.5) is 0 Å². The maximum Gasteiger partial charge on any atom is 0.294 e. The Morgan fingerprint density at radius 2 is 1.73 bits per heavy atom. The summed E-state index contributed by atoms with van der Waals surface area (Å²) in [4.78, 5) is 20.1. The van der Waals surface area contributed by atoms with Crippen LogP contribution >= 0.6 is 0 Å². The number of furan rings is 1. The van der Waals surface area contributed by atoms with E-state index >= 15 is 0 Å². The number of H-pyrrole nitrogens is 1. The third-order valence-electron chi connectivity index (χ3n) is 5.91. The molecule has 0 aliphatic rings. The van der Waals surface area contributed by atoms with Crippen LogP contribution in [-0.4, -0.2) is 9.97 Å². The molecule has 0 saturated heterocycles. The largest absolute Gasteiger partial charge is 0.449 e. The molecule has 2 N–H and O–H groups in total. The number of nitrogens with one attached hydrogen (secondary N) is 2. The Balaban J connectivity index is 1.59. The van der Waals surface area contributed by atoms with E-state index in [9.17, 15) is 4.79 Å². The lowest BCUT2D eigenvalue weighted by atomic mass is 9.92. The molecule has 5 nitrogen and oxygen atoms in total. The standard InChI is InChI=1S/C25H29N3O2/c1-5-16(4)17-10-12-18(13-11-17)22(15(2)3)26-14-21-27-23-19-8-6-7-9-20(19)30-24(23)25(29)28-21/h6-13,15-16,22,26H,5,14H2,1-4H3,(H,27,28,29)/t16-,22+/m1/s1. The maximum absolute atomic E-state index is 12.5. The van der Waals surface area contributed by atoms with Crippen LogP contribution in [-0.2, 0) is 6.54 Å². The molecule has 0 saturated carbocycles. The zero-order valence-electron chi connectivity index (χ0n) is 18.0. The van der Waals surface area contributed by atoms with Gasteiger partial charge in [-0.05, 0) is 41.5 Å². The Morgan fingerprint density at radius 1 is 1.03 bits per heavy atom. The summed E-state index contributed by atoms with van der Waals surface area (Å²) in [5, 5.41) is 4.45. The van der Waals surface area contributed by atoms with Crippen LogP contribution in [0.1, 0.15) is 63.0 Å². The van der Waals surface area contributed by atoms with Crippen molar-refractivity contribution in [1.82, 2.24) is 15.3 Å². The van der Waals surface area contributed by atoms with E-state index in [1.807, 2.05) is 24.3 Å². The normalized spacial score (nSPS) is 13.9. The molecular weight excluding hydrogens is 374 g/mol. The van der Waals surface area contributed by atoms with E-state index in [1.165, 1.54) is 11.1 Å². The first-order valence-electron chi connectivity index (χ1n) is 10.7. The lowest BCUT2D eigenvalue weighted by Gasteiger charge is -2.23. The Morgan fingerprint density at radius 3 is 2.43 bits per heavy atom. The van der Waals surface area contributed by atoms with E-state index in [0.717, 1.165) is 11.8 Å². The second kappa shape index (κ2) is 8.44. The minimum absolute atomic E-state index is 0.165. The number of rotatable bonds is 7. The van der Waals surface area contributed by atoms with Gasteiger partial charge in [-0.3, -0.25) is 4.79 Å². The molecule has 4 aromatic rings.